The standard InChI is InChI=1S/C17H30N8O12S/c18-5-11(26)23-8(2-1-3-21-17(19)20)14(30)22-6-12(27)24-9(4-13(28)29)15(31)25-10(16(32)33)7-37-38(34,35)36/h8-10H,1-7,18H2,(H,22,30)(H,23,26)(H,24,27)(H,25,31)(H,28,29)(H,32,33)(H4,19,20,21)(H,34,35,36)/t8-,9-,10-/m0/s1. The van der Waals surface area contributed by atoms with E-state index in [4.69, 9.17) is 32.0 Å². The van der Waals surface area contributed by atoms with Crippen LogP contribution in [0.3, 0.4) is 0 Å². The molecule has 0 saturated carbocycles. The fourth-order valence-electron chi connectivity index (χ4n) is 2.55. The molecule has 13 N–H and O–H groups in total. The molecule has 21 heteroatoms. The van der Waals surface area contributed by atoms with E-state index in [0.29, 0.717) is 0 Å². The number of hydrogen-bond donors (Lipinski definition) is 10. The van der Waals surface area contributed by atoms with Gasteiger partial charge in [-0.15, -0.1) is 0 Å². The van der Waals surface area contributed by atoms with E-state index in [0.717, 1.165) is 0 Å². The predicted molar refractivity (Wildman–Crippen MR) is 125 cm³/mol. The fraction of sp³-hybridized carbons (Fsp3) is 0.588. The lowest BCUT2D eigenvalue weighted by Gasteiger charge is -2.21. The van der Waals surface area contributed by atoms with Gasteiger partial charge in [0.2, 0.25) is 23.6 Å². The molecule has 20 nitrogen and oxygen atoms in total. The van der Waals surface area contributed by atoms with Crippen LogP contribution in [0, 0.1) is 0 Å². The summed E-state index contributed by atoms with van der Waals surface area (Å²) in [7, 11) is -5.06. The second kappa shape index (κ2) is 16.6. The van der Waals surface area contributed by atoms with Crippen molar-refractivity contribution >= 4 is 51.9 Å². The average Bonchev–Trinajstić information content (AvgIpc) is 2.79. The fourth-order valence-corrected chi connectivity index (χ4v) is 2.85. The third kappa shape index (κ3) is 15.8. The second-order valence-electron chi connectivity index (χ2n) is 7.32. The van der Waals surface area contributed by atoms with Gasteiger partial charge in [-0.05, 0) is 12.8 Å². The molecule has 0 saturated heterocycles. The third-order valence-corrected chi connectivity index (χ3v) is 4.67. The van der Waals surface area contributed by atoms with Gasteiger partial charge in [-0.2, -0.15) is 8.42 Å². The maximum Gasteiger partial charge on any atom is 0.397 e. The van der Waals surface area contributed by atoms with Gasteiger partial charge in [0.25, 0.3) is 0 Å². The van der Waals surface area contributed by atoms with E-state index in [-0.39, 0.29) is 25.3 Å². The van der Waals surface area contributed by atoms with Crippen molar-refractivity contribution in [3.8, 4) is 0 Å². The van der Waals surface area contributed by atoms with Crippen LogP contribution >= 0.6 is 0 Å². The van der Waals surface area contributed by atoms with Gasteiger partial charge in [-0.1, -0.05) is 0 Å². The highest BCUT2D eigenvalue weighted by Gasteiger charge is 2.30. The molecule has 0 heterocycles. The first-order valence-electron chi connectivity index (χ1n) is 10.5. The molecular formula is C17H30N8O12S. The summed E-state index contributed by atoms with van der Waals surface area (Å²) in [6.07, 6.45) is -0.737. The minimum Gasteiger partial charge on any atom is -0.481 e. The summed E-state index contributed by atoms with van der Waals surface area (Å²) in [5.74, 6) is -7.52. The topological polar surface area (TPSA) is 345 Å². The molecule has 0 rings (SSSR count). The smallest absolute Gasteiger partial charge is 0.397 e. The Labute approximate surface area is 215 Å². The number of carbonyl (C=O) groups excluding carboxylic acids is 4. The molecule has 38 heavy (non-hydrogen) atoms. The molecule has 0 aliphatic carbocycles. The normalized spacial score (nSPS) is 13.2. The summed E-state index contributed by atoms with van der Waals surface area (Å²) >= 11 is 0. The Morgan fingerprint density at radius 1 is 0.895 bits per heavy atom. The van der Waals surface area contributed by atoms with Crippen LogP contribution in [-0.2, 0) is 43.3 Å². The SMILES string of the molecule is NCC(=O)N[C@@H](CCCN=C(N)N)C(=O)NCC(=O)N[C@@H](CC(=O)O)C(=O)N[C@@H](COS(=O)(=O)O)C(=O)O. The van der Waals surface area contributed by atoms with E-state index in [1.807, 2.05) is 5.32 Å². The Morgan fingerprint density at radius 3 is 2.00 bits per heavy atom. The molecule has 0 aliphatic heterocycles. The highest BCUT2D eigenvalue weighted by atomic mass is 32.3. The summed E-state index contributed by atoms with van der Waals surface area (Å²) in [6, 6.07) is -5.06. The molecule has 216 valence electrons. The zero-order valence-electron chi connectivity index (χ0n) is 19.8. The second-order valence-corrected chi connectivity index (χ2v) is 8.41. The number of rotatable bonds is 18. The zero-order valence-corrected chi connectivity index (χ0v) is 20.6. The van der Waals surface area contributed by atoms with E-state index in [1.54, 1.807) is 5.32 Å². The first-order chi connectivity index (χ1) is 17.5. The number of nitrogens with two attached hydrogens (primary N) is 3. The third-order valence-electron chi connectivity index (χ3n) is 4.23. The molecule has 0 aromatic heterocycles. The number of aliphatic imine (C=N–C) groups is 1. The number of aliphatic carboxylic acids is 2. The molecule has 0 spiro atoms. The Kier molecular flexibility index (Phi) is 14.8. The number of carbonyl (C=O) groups is 6. The van der Waals surface area contributed by atoms with Crippen molar-refractivity contribution in [2.45, 2.75) is 37.4 Å². The van der Waals surface area contributed by atoms with Gasteiger partial charge < -0.3 is 48.7 Å². The number of nitrogens with zero attached hydrogens (tertiary/aromatic N) is 1. The summed E-state index contributed by atoms with van der Waals surface area (Å²) < 4.78 is 33.7. The van der Waals surface area contributed by atoms with Crippen molar-refractivity contribution < 1.29 is 56.1 Å². The van der Waals surface area contributed by atoms with Crippen LogP contribution in [0.2, 0.25) is 0 Å². The minimum absolute atomic E-state index is 0.0439. The number of amides is 4. The number of carboxylic acids is 2. The molecule has 0 aromatic carbocycles. The van der Waals surface area contributed by atoms with E-state index < -0.39 is 90.2 Å². The zero-order chi connectivity index (χ0) is 29.5. The van der Waals surface area contributed by atoms with Crippen LogP contribution in [0.5, 0.6) is 0 Å². The molecule has 0 bridgehead atoms. The lowest BCUT2D eigenvalue weighted by molar-refractivity contribution is -0.144. The minimum atomic E-state index is -5.06. The number of hydrogen-bond acceptors (Lipinski definition) is 11. The molecule has 0 unspecified atom stereocenters. The Morgan fingerprint density at radius 2 is 1.50 bits per heavy atom. The van der Waals surface area contributed by atoms with Gasteiger partial charge in [0.05, 0.1) is 26.1 Å². The van der Waals surface area contributed by atoms with Crippen LogP contribution in [-0.4, -0.2) is 109 Å². The summed E-state index contributed by atoms with van der Waals surface area (Å²) in [4.78, 5) is 74.7. The Hall–Kier alpha value is -4.08. The van der Waals surface area contributed by atoms with Crippen molar-refractivity contribution in [1.29, 1.82) is 0 Å². The van der Waals surface area contributed by atoms with Gasteiger partial charge in [0, 0.05) is 6.54 Å². The van der Waals surface area contributed by atoms with Crippen molar-refractivity contribution in [2.24, 2.45) is 22.2 Å². The molecule has 0 aromatic rings. The average molecular weight is 571 g/mol. The number of nitrogens with one attached hydrogen (secondary N) is 4. The van der Waals surface area contributed by atoms with Crippen molar-refractivity contribution in [3.05, 3.63) is 0 Å². The Balaban J connectivity index is 5.22. The highest BCUT2D eigenvalue weighted by Crippen LogP contribution is 2.00. The monoisotopic (exact) mass is 570 g/mol. The van der Waals surface area contributed by atoms with Crippen LogP contribution in [0.15, 0.2) is 4.99 Å². The lowest BCUT2D eigenvalue weighted by Crippen LogP contribution is -2.55. The summed E-state index contributed by atoms with van der Waals surface area (Å²) in [5.41, 5.74) is 15.6. The largest absolute Gasteiger partial charge is 0.481 e. The van der Waals surface area contributed by atoms with Crippen molar-refractivity contribution in [1.82, 2.24) is 21.3 Å². The van der Waals surface area contributed by atoms with E-state index in [1.165, 1.54) is 0 Å². The van der Waals surface area contributed by atoms with Gasteiger partial charge in [-0.25, -0.2) is 8.98 Å². The van der Waals surface area contributed by atoms with Crippen molar-refractivity contribution in [3.63, 3.8) is 0 Å². The quantitative estimate of drug-likeness (QED) is 0.0317. The molecular weight excluding hydrogens is 540 g/mol. The maximum atomic E-state index is 12.4. The number of guanidine groups is 1. The van der Waals surface area contributed by atoms with Gasteiger partial charge in [0.15, 0.2) is 12.0 Å². The Bertz CT molecular complexity index is 1010. The first kappa shape index (κ1) is 33.9. The first-order valence-corrected chi connectivity index (χ1v) is 11.9. The highest BCUT2D eigenvalue weighted by molar-refractivity contribution is 7.80. The molecule has 3 atom stereocenters. The van der Waals surface area contributed by atoms with Crippen molar-refractivity contribution in [2.75, 3.05) is 26.2 Å². The molecule has 0 aliphatic rings. The lowest BCUT2D eigenvalue weighted by atomic mass is 10.1. The van der Waals surface area contributed by atoms with E-state index in [9.17, 15) is 37.2 Å². The van der Waals surface area contributed by atoms with Gasteiger partial charge in [-0.3, -0.25) is 33.5 Å². The molecule has 0 fully saturated rings. The molecule has 0 radical (unpaired) electrons. The van der Waals surface area contributed by atoms with Crippen LogP contribution in [0.25, 0.3) is 0 Å². The van der Waals surface area contributed by atoms with Crippen LogP contribution in [0.4, 0.5) is 0 Å². The van der Waals surface area contributed by atoms with Crippen LogP contribution in [0.1, 0.15) is 19.3 Å². The van der Waals surface area contributed by atoms with E-state index in [2.05, 4.69) is 19.8 Å². The summed E-state index contributed by atoms with van der Waals surface area (Å²) in [5, 5.41) is 26.3. The maximum absolute atomic E-state index is 12.4. The van der Waals surface area contributed by atoms with Crippen LogP contribution < -0.4 is 38.5 Å². The van der Waals surface area contributed by atoms with Gasteiger partial charge in [0.1, 0.15) is 12.1 Å². The predicted octanol–water partition coefficient (Wildman–Crippen LogP) is -6.05. The number of carboxylic acid groups (broad SMARTS) is 2. The van der Waals surface area contributed by atoms with Gasteiger partial charge >= 0.3 is 22.3 Å². The van der Waals surface area contributed by atoms with E-state index >= 15 is 0 Å². The molecule has 4 amide bonds. The summed E-state index contributed by atoms with van der Waals surface area (Å²) in [6.45, 7) is -2.34.